The molecule has 5 heteroatoms. The van der Waals surface area contributed by atoms with Crippen molar-refractivity contribution in [1.82, 2.24) is 0 Å². The number of halogens is 1. The summed E-state index contributed by atoms with van der Waals surface area (Å²) in [5, 5.41) is 9.32. The van der Waals surface area contributed by atoms with Crippen LogP contribution in [0.1, 0.15) is 5.56 Å². The predicted octanol–water partition coefficient (Wildman–Crippen LogP) is 1.29. The van der Waals surface area contributed by atoms with Crippen LogP contribution < -0.4 is 10.5 Å². The van der Waals surface area contributed by atoms with Gasteiger partial charge in [-0.2, -0.15) is 0 Å². The highest BCUT2D eigenvalue weighted by Gasteiger charge is 2.05. The SMILES string of the molecule is NC(=O)Oc1ccc(Cl)cc1CO. The number of primary amides is 1. The molecule has 0 saturated carbocycles. The first kappa shape index (κ1) is 9.83. The molecule has 0 aromatic heterocycles. The fourth-order valence-corrected chi connectivity index (χ4v) is 1.07. The molecule has 0 aliphatic rings. The molecule has 1 aromatic rings. The molecule has 1 amide bonds. The van der Waals surface area contributed by atoms with E-state index in [2.05, 4.69) is 4.74 Å². The van der Waals surface area contributed by atoms with E-state index in [1.807, 2.05) is 0 Å². The second kappa shape index (κ2) is 4.11. The monoisotopic (exact) mass is 201 g/mol. The molecule has 0 unspecified atom stereocenters. The van der Waals surface area contributed by atoms with E-state index in [0.717, 1.165) is 0 Å². The lowest BCUT2D eigenvalue weighted by Gasteiger charge is -2.05. The van der Waals surface area contributed by atoms with Crippen molar-refractivity contribution in [3.63, 3.8) is 0 Å². The Kier molecular flexibility index (Phi) is 3.11. The zero-order chi connectivity index (χ0) is 9.84. The molecule has 0 spiro atoms. The van der Waals surface area contributed by atoms with E-state index in [4.69, 9.17) is 22.4 Å². The first-order chi connectivity index (χ1) is 6.13. The summed E-state index contributed by atoms with van der Waals surface area (Å²) in [6.07, 6.45) is -0.919. The van der Waals surface area contributed by atoms with Crippen molar-refractivity contribution in [2.24, 2.45) is 5.73 Å². The number of hydrogen-bond donors (Lipinski definition) is 2. The average molecular weight is 202 g/mol. The molecule has 0 aliphatic heterocycles. The minimum atomic E-state index is -0.919. The predicted molar refractivity (Wildman–Crippen MR) is 47.6 cm³/mol. The van der Waals surface area contributed by atoms with Gasteiger partial charge in [-0.15, -0.1) is 0 Å². The maximum absolute atomic E-state index is 10.4. The van der Waals surface area contributed by atoms with Gasteiger partial charge < -0.3 is 15.6 Å². The standard InChI is InChI=1S/C8H8ClNO3/c9-6-1-2-7(13-8(10)12)5(3-6)4-11/h1-3,11H,4H2,(H2,10,12). The first-order valence-corrected chi connectivity index (χ1v) is 3.88. The molecular weight excluding hydrogens is 194 g/mol. The molecular formula is C8H8ClNO3. The van der Waals surface area contributed by atoms with Crippen molar-refractivity contribution >= 4 is 17.7 Å². The molecule has 3 N–H and O–H groups in total. The van der Waals surface area contributed by atoms with Crippen molar-refractivity contribution in [1.29, 1.82) is 0 Å². The molecule has 1 aromatic carbocycles. The molecule has 70 valence electrons. The second-order valence-electron chi connectivity index (χ2n) is 2.33. The smallest absolute Gasteiger partial charge is 0.409 e. The summed E-state index contributed by atoms with van der Waals surface area (Å²) in [4.78, 5) is 10.4. The molecule has 1 rings (SSSR count). The molecule has 13 heavy (non-hydrogen) atoms. The highest BCUT2D eigenvalue weighted by atomic mass is 35.5. The number of benzene rings is 1. The number of aliphatic hydroxyl groups is 1. The van der Waals surface area contributed by atoms with Crippen molar-refractivity contribution < 1.29 is 14.6 Å². The number of ether oxygens (including phenoxy) is 1. The van der Waals surface area contributed by atoms with Crippen molar-refractivity contribution in [3.05, 3.63) is 28.8 Å². The fraction of sp³-hybridized carbons (Fsp3) is 0.125. The Balaban J connectivity index is 2.99. The highest BCUT2D eigenvalue weighted by Crippen LogP contribution is 2.22. The van der Waals surface area contributed by atoms with Gasteiger partial charge in [-0.25, -0.2) is 4.79 Å². The number of amides is 1. The van der Waals surface area contributed by atoms with Gasteiger partial charge in [-0.1, -0.05) is 11.6 Å². The topological polar surface area (TPSA) is 72.6 Å². The van der Waals surface area contributed by atoms with Gasteiger partial charge in [-0.05, 0) is 18.2 Å². The van der Waals surface area contributed by atoms with Crippen molar-refractivity contribution in [2.75, 3.05) is 0 Å². The Hall–Kier alpha value is -1.26. The number of carbonyl (C=O) groups is 1. The van der Waals surface area contributed by atoms with Crippen LogP contribution in [0.25, 0.3) is 0 Å². The fourth-order valence-electron chi connectivity index (χ4n) is 0.880. The molecule has 4 nitrogen and oxygen atoms in total. The van der Waals surface area contributed by atoms with Crippen LogP contribution in [0.2, 0.25) is 5.02 Å². The maximum Gasteiger partial charge on any atom is 0.409 e. The average Bonchev–Trinajstić information content (AvgIpc) is 2.07. The van der Waals surface area contributed by atoms with Crippen LogP contribution in [0.5, 0.6) is 5.75 Å². The molecule has 0 bridgehead atoms. The van der Waals surface area contributed by atoms with Gasteiger partial charge in [0.15, 0.2) is 0 Å². The number of aliphatic hydroxyl groups excluding tert-OH is 1. The number of carbonyl (C=O) groups excluding carboxylic acids is 1. The summed E-state index contributed by atoms with van der Waals surface area (Å²) in [7, 11) is 0. The van der Waals surface area contributed by atoms with E-state index in [-0.39, 0.29) is 12.4 Å². The Morgan fingerprint density at radius 3 is 2.85 bits per heavy atom. The zero-order valence-electron chi connectivity index (χ0n) is 6.66. The van der Waals surface area contributed by atoms with Crippen LogP contribution in [-0.2, 0) is 6.61 Å². The van der Waals surface area contributed by atoms with E-state index in [0.29, 0.717) is 10.6 Å². The molecule has 0 radical (unpaired) electrons. The summed E-state index contributed by atoms with van der Waals surface area (Å²) < 4.78 is 4.61. The van der Waals surface area contributed by atoms with Gasteiger partial charge in [0.2, 0.25) is 0 Å². The van der Waals surface area contributed by atoms with E-state index >= 15 is 0 Å². The van der Waals surface area contributed by atoms with E-state index in [1.165, 1.54) is 12.1 Å². The normalized spacial score (nSPS) is 9.69. The molecule has 0 fully saturated rings. The van der Waals surface area contributed by atoms with Gasteiger partial charge in [0.05, 0.1) is 6.61 Å². The van der Waals surface area contributed by atoms with E-state index in [1.54, 1.807) is 6.07 Å². The number of hydrogen-bond acceptors (Lipinski definition) is 3. The van der Waals surface area contributed by atoms with Gasteiger partial charge >= 0.3 is 6.09 Å². The third-order valence-electron chi connectivity index (χ3n) is 1.40. The highest BCUT2D eigenvalue weighted by molar-refractivity contribution is 6.30. The van der Waals surface area contributed by atoms with E-state index in [9.17, 15) is 4.79 Å². The van der Waals surface area contributed by atoms with Crippen LogP contribution in [-0.4, -0.2) is 11.2 Å². The summed E-state index contributed by atoms with van der Waals surface area (Å²) in [5.41, 5.74) is 5.23. The van der Waals surface area contributed by atoms with Crippen LogP contribution in [0, 0.1) is 0 Å². The third kappa shape index (κ3) is 2.61. The zero-order valence-corrected chi connectivity index (χ0v) is 7.41. The van der Waals surface area contributed by atoms with Gasteiger partial charge in [-0.3, -0.25) is 0 Å². The minimum absolute atomic E-state index is 0.222. The van der Waals surface area contributed by atoms with E-state index < -0.39 is 6.09 Å². The molecule has 0 atom stereocenters. The molecule has 0 aliphatic carbocycles. The lowest BCUT2D eigenvalue weighted by molar-refractivity contribution is 0.208. The summed E-state index contributed by atoms with van der Waals surface area (Å²) in [6, 6.07) is 4.51. The van der Waals surface area contributed by atoms with Crippen molar-refractivity contribution in [3.8, 4) is 5.75 Å². The van der Waals surface area contributed by atoms with Crippen LogP contribution in [0.15, 0.2) is 18.2 Å². The minimum Gasteiger partial charge on any atom is -0.410 e. The van der Waals surface area contributed by atoms with Crippen molar-refractivity contribution in [2.45, 2.75) is 6.61 Å². The molecule has 0 saturated heterocycles. The van der Waals surface area contributed by atoms with Crippen LogP contribution in [0.4, 0.5) is 4.79 Å². The summed E-state index contributed by atoms with van der Waals surface area (Å²) in [6.45, 7) is -0.261. The van der Waals surface area contributed by atoms with Crippen LogP contribution >= 0.6 is 11.6 Å². The summed E-state index contributed by atoms with van der Waals surface area (Å²) in [5.74, 6) is 0.222. The Morgan fingerprint density at radius 2 is 2.31 bits per heavy atom. The first-order valence-electron chi connectivity index (χ1n) is 3.50. The lowest BCUT2D eigenvalue weighted by Crippen LogP contribution is -2.17. The van der Waals surface area contributed by atoms with Gasteiger partial charge in [0.1, 0.15) is 5.75 Å². The Labute approximate surface area is 79.9 Å². The quantitative estimate of drug-likeness (QED) is 0.757. The van der Waals surface area contributed by atoms with Gasteiger partial charge in [0, 0.05) is 10.6 Å². The Bertz CT molecular complexity index is 327. The van der Waals surface area contributed by atoms with Gasteiger partial charge in [0.25, 0.3) is 0 Å². The maximum atomic E-state index is 10.4. The number of nitrogens with two attached hydrogens (primary N) is 1. The summed E-state index contributed by atoms with van der Waals surface area (Å²) >= 11 is 5.65. The third-order valence-corrected chi connectivity index (χ3v) is 1.64. The van der Waals surface area contributed by atoms with Crippen LogP contribution in [0.3, 0.4) is 0 Å². The number of rotatable bonds is 2. The Morgan fingerprint density at radius 1 is 1.62 bits per heavy atom. The lowest BCUT2D eigenvalue weighted by atomic mass is 10.2. The largest absolute Gasteiger partial charge is 0.410 e. The second-order valence-corrected chi connectivity index (χ2v) is 2.77. The molecule has 0 heterocycles.